The Balaban J connectivity index is 2.80. The van der Waals surface area contributed by atoms with Gasteiger partial charge in [-0.15, -0.1) is 0 Å². The molecule has 0 atom stereocenters. The van der Waals surface area contributed by atoms with Crippen LogP contribution in [-0.4, -0.2) is 44.1 Å². The maximum absolute atomic E-state index is 12.1. The van der Waals surface area contributed by atoms with E-state index in [1.165, 1.54) is 7.11 Å². The molecule has 0 fully saturated rings. The van der Waals surface area contributed by atoms with E-state index in [4.69, 9.17) is 10.5 Å². The Kier molecular flexibility index (Phi) is 4.78. The second kappa shape index (κ2) is 5.93. The quantitative estimate of drug-likeness (QED) is 0.789. The number of nitrogens with two attached hydrogens (primary N) is 1. The molecule has 0 heterocycles. The number of benzene rings is 1. The molecule has 19 heavy (non-hydrogen) atoms. The van der Waals surface area contributed by atoms with Gasteiger partial charge in [-0.2, -0.15) is 0 Å². The van der Waals surface area contributed by atoms with E-state index in [9.17, 15) is 4.79 Å². The van der Waals surface area contributed by atoms with Crippen molar-refractivity contribution in [2.24, 2.45) is 0 Å². The number of nitrogens with zero attached hydrogens (tertiary/aromatic N) is 1. The molecule has 0 aromatic heterocycles. The van der Waals surface area contributed by atoms with E-state index in [1.54, 1.807) is 18.2 Å². The van der Waals surface area contributed by atoms with Gasteiger partial charge in [0.1, 0.15) is 5.75 Å². The van der Waals surface area contributed by atoms with Gasteiger partial charge in [-0.25, -0.2) is 0 Å². The van der Waals surface area contributed by atoms with Crippen molar-refractivity contribution in [2.75, 3.05) is 33.5 Å². The molecule has 3 N–H and O–H groups in total. The monoisotopic (exact) mass is 265 g/mol. The van der Waals surface area contributed by atoms with E-state index < -0.39 is 0 Å². The van der Waals surface area contributed by atoms with Crippen LogP contribution >= 0.6 is 0 Å². The predicted octanol–water partition coefficient (Wildman–Crippen LogP) is 1.35. The van der Waals surface area contributed by atoms with Gasteiger partial charge in [-0.05, 0) is 40.1 Å². The summed E-state index contributed by atoms with van der Waals surface area (Å²) in [5, 5.41) is 2.90. The van der Waals surface area contributed by atoms with Crippen LogP contribution in [0.4, 0.5) is 5.69 Å². The number of nitrogens with one attached hydrogen (secondary N) is 1. The highest BCUT2D eigenvalue weighted by molar-refractivity contribution is 6.00. The van der Waals surface area contributed by atoms with Crippen molar-refractivity contribution >= 4 is 11.6 Å². The van der Waals surface area contributed by atoms with Crippen molar-refractivity contribution in [3.05, 3.63) is 23.8 Å². The van der Waals surface area contributed by atoms with Gasteiger partial charge in [0.25, 0.3) is 5.91 Å². The number of carbonyl (C=O) groups is 1. The van der Waals surface area contributed by atoms with Crippen LogP contribution in [0, 0.1) is 0 Å². The fraction of sp³-hybridized carbons (Fsp3) is 0.500. The number of hydrogen-bond acceptors (Lipinski definition) is 4. The van der Waals surface area contributed by atoms with Crippen LogP contribution in [0.5, 0.6) is 5.75 Å². The second-order valence-electron chi connectivity index (χ2n) is 5.31. The maximum atomic E-state index is 12.1. The molecule has 1 aromatic carbocycles. The summed E-state index contributed by atoms with van der Waals surface area (Å²) in [4.78, 5) is 14.2. The summed E-state index contributed by atoms with van der Waals surface area (Å²) in [6.45, 7) is 4.65. The molecule has 0 saturated carbocycles. The Labute approximate surface area is 114 Å². The molecule has 0 radical (unpaired) electrons. The second-order valence-corrected chi connectivity index (χ2v) is 5.31. The third-order valence-electron chi connectivity index (χ3n) is 3.42. The zero-order valence-electron chi connectivity index (χ0n) is 12.3. The Hall–Kier alpha value is -1.75. The van der Waals surface area contributed by atoms with E-state index in [2.05, 4.69) is 24.1 Å². The van der Waals surface area contributed by atoms with Crippen molar-refractivity contribution in [1.29, 1.82) is 0 Å². The minimum absolute atomic E-state index is 0.122. The van der Waals surface area contributed by atoms with Crippen LogP contribution in [0.3, 0.4) is 0 Å². The first kappa shape index (κ1) is 15.3. The first-order valence-corrected chi connectivity index (χ1v) is 6.17. The third kappa shape index (κ3) is 3.61. The molecule has 0 saturated heterocycles. The SMILES string of the molecule is COc1cccc(C(=O)NCC(C)(C)N(C)C)c1N. The molecule has 106 valence electrons. The minimum atomic E-state index is -0.189. The lowest BCUT2D eigenvalue weighted by Gasteiger charge is -2.32. The van der Waals surface area contributed by atoms with E-state index in [0.717, 1.165) is 0 Å². The molecule has 0 bridgehead atoms. The lowest BCUT2D eigenvalue weighted by Crippen LogP contribution is -2.48. The molecule has 0 aliphatic heterocycles. The van der Waals surface area contributed by atoms with E-state index >= 15 is 0 Å². The molecular weight excluding hydrogens is 242 g/mol. The molecule has 1 rings (SSSR count). The number of hydrogen-bond donors (Lipinski definition) is 2. The minimum Gasteiger partial charge on any atom is -0.495 e. The van der Waals surface area contributed by atoms with Crippen molar-refractivity contribution < 1.29 is 9.53 Å². The van der Waals surface area contributed by atoms with Crippen LogP contribution in [0.15, 0.2) is 18.2 Å². The number of para-hydroxylation sites is 1. The maximum Gasteiger partial charge on any atom is 0.253 e. The highest BCUT2D eigenvalue weighted by Crippen LogP contribution is 2.24. The van der Waals surface area contributed by atoms with Gasteiger partial charge in [0.15, 0.2) is 0 Å². The molecule has 1 aromatic rings. The van der Waals surface area contributed by atoms with Gasteiger partial charge in [-0.3, -0.25) is 4.79 Å². The summed E-state index contributed by atoms with van der Waals surface area (Å²) in [6, 6.07) is 5.17. The molecule has 1 amide bonds. The highest BCUT2D eigenvalue weighted by atomic mass is 16.5. The van der Waals surface area contributed by atoms with Crippen LogP contribution < -0.4 is 15.8 Å². The first-order chi connectivity index (χ1) is 8.79. The van der Waals surface area contributed by atoms with E-state index in [0.29, 0.717) is 23.5 Å². The van der Waals surface area contributed by atoms with Crippen molar-refractivity contribution in [1.82, 2.24) is 10.2 Å². The van der Waals surface area contributed by atoms with Gasteiger partial charge in [0.05, 0.1) is 18.4 Å². The normalized spacial score (nSPS) is 11.5. The average Bonchev–Trinajstić information content (AvgIpc) is 2.36. The summed E-state index contributed by atoms with van der Waals surface area (Å²) in [5.74, 6) is 0.325. The van der Waals surface area contributed by atoms with E-state index in [-0.39, 0.29) is 11.4 Å². The largest absolute Gasteiger partial charge is 0.495 e. The molecule has 0 aliphatic carbocycles. The van der Waals surface area contributed by atoms with Gasteiger partial charge < -0.3 is 20.7 Å². The number of nitrogen functional groups attached to an aromatic ring is 1. The van der Waals surface area contributed by atoms with E-state index in [1.807, 2.05) is 14.1 Å². The molecule has 0 unspecified atom stereocenters. The van der Waals surface area contributed by atoms with Crippen molar-refractivity contribution in [2.45, 2.75) is 19.4 Å². The Morgan fingerprint density at radius 1 is 1.42 bits per heavy atom. The predicted molar refractivity (Wildman–Crippen MR) is 77.5 cm³/mol. The van der Waals surface area contributed by atoms with Crippen LogP contribution in [0.2, 0.25) is 0 Å². The lowest BCUT2D eigenvalue weighted by atomic mass is 10.0. The summed E-state index contributed by atoms with van der Waals surface area (Å²) in [7, 11) is 5.49. The number of carbonyl (C=O) groups excluding carboxylic acids is 1. The van der Waals surface area contributed by atoms with Gasteiger partial charge in [0.2, 0.25) is 0 Å². The van der Waals surface area contributed by atoms with Crippen LogP contribution in [-0.2, 0) is 0 Å². The number of likely N-dealkylation sites (N-methyl/N-ethyl adjacent to an activating group) is 1. The molecule has 5 heteroatoms. The Morgan fingerprint density at radius 3 is 2.58 bits per heavy atom. The van der Waals surface area contributed by atoms with Gasteiger partial charge >= 0.3 is 0 Å². The lowest BCUT2D eigenvalue weighted by molar-refractivity contribution is 0.0920. The molecule has 0 aliphatic rings. The summed E-state index contributed by atoms with van der Waals surface area (Å²) in [5.41, 5.74) is 6.58. The zero-order chi connectivity index (χ0) is 14.6. The van der Waals surface area contributed by atoms with Gasteiger partial charge in [0, 0.05) is 12.1 Å². The Bertz CT molecular complexity index is 456. The third-order valence-corrected chi connectivity index (χ3v) is 3.42. The van der Waals surface area contributed by atoms with Crippen molar-refractivity contribution in [3.8, 4) is 5.75 Å². The summed E-state index contributed by atoms with van der Waals surface area (Å²) in [6.07, 6.45) is 0. The Morgan fingerprint density at radius 2 is 2.05 bits per heavy atom. The number of rotatable bonds is 5. The molecule has 5 nitrogen and oxygen atoms in total. The topological polar surface area (TPSA) is 67.6 Å². The van der Waals surface area contributed by atoms with Crippen LogP contribution in [0.25, 0.3) is 0 Å². The molecular formula is C14H23N3O2. The van der Waals surface area contributed by atoms with Crippen molar-refractivity contribution in [3.63, 3.8) is 0 Å². The zero-order valence-corrected chi connectivity index (χ0v) is 12.3. The molecule has 0 spiro atoms. The smallest absolute Gasteiger partial charge is 0.253 e. The fourth-order valence-corrected chi connectivity index (χ4v) is 1.47. The summed E-state index contributed by atoms with van der Waals surface area (Å²) >= 11 is 0. The highest BCUT2D eigenvalue weighted by Gasteiger charge is 2.22. The average molecular weight is 265 g/mol. The summed E-state index contributed by atoms with van der Waals surface area (Å²) < 4.78 is 5.11. The van der Waals surface area contributed by atoms with Crippen LogP contribution in [0.1, 0.15) is 24.2 Å². The first-order valence-electron chi connectivity index (χ1n) is 6.17. The number of amides is 1. The van der Waals surface area contributed by atoms with Gasteiger partial charge in [-0.1, -0.05) is 6.07 Å². The number of ether oxygens (including phenoxy) is 1. The fourth-order valence-electron chi connectivity index (χ4n) is 1.47. The number of methoxy groups -OCH3 is 1. The number of anilines is 1. The standard InChI is InChI=1S/C14H23N3O2/c1-14(2,17(3)4)9-16-13(18)10-7-6-8-11(19-5)12(10)15/h6-8H,9,15H2,1-5H3,(H,16,18).